The van der Waals surface area contributed by atoms with Crippen LogP contribution in [0.25, 0.3) is 10.8 Å². The van der Waals surface area contributed by atoms with E-state index in [1.165, 1.54) is 4.57 Å². The van der Waals surface area contributed by atoms with Gasteiger partial charge in [-0.2, -0.15) is 0 Å². The molecule has 0 bridgehead atoms. The third-order valence-electron chi connectivity index (χ3n) is 2.91. The second kappa shape index (κ2) is 5.10. The van der Waals surface area contributed by atoms with Crippen LogP contribution < -0.4 is 11.3 Å². The van der Waals surface area contributed by atoms with Gasteiger partial charge in [-0.1, -0.05) is 23.7 Å². The van der Waals surface area contributed by atoms with Crippen LogP contribution in [0.3, 0.4) is 0 Å². The molecule has 18 heavy (non-hydrogen) atoms. The normalized spacial score (nSPS) is 12.9. The molecule has 1 aromatic carbocycles. The highest BCUT2D eigenvalue weighted by Gasteiger charge is 2.13. The van der Waals surface area contributed by atoms with E-state index in [9.17, 15) is 4.79 Å². The highest BCUT2D eigenvalue weighted by Crippen LogP contribution is 2.22. The molecule has 0 fully saturated rings. The zero-order chi connectivity index (χ0) is 13.3. The number of hydrogen-bond acceptors (Lipinski definition) is 3. The average molecular weight is 267 g/mol. The Hall–Kier alpha value is -1.36. The van der Waals surface area contributed by atoms with Crippen molar-refractivity contribution in [3.05, 3.63) is 45.3 Å². The Morgan fingerprint density at radius 2 is 2.22 bits per heavy atom. The summed E-state index contributed by atoms with van der Waals surface area (Å²) >= 11 is 6.06. The molecule has 3 N–H and O–H groups in total. The highest BCUT2D eigenvalue weighted by molar-refractivity contribution is 6.35. The van der Waals surface area contributed by atoms with E-state index in [1.807, 2.05) is 12.1 Å². The number of nitrogens with zero attached hydrogens (tertiary/aromatic N) is 1. The quantitative estimate of drug-likeness (QED) is 0.888. The van der Waals surface area contributed by atoms with Crippen molar-refractivity contribution in [1.29, 1.82) is 0 Å². The van der Waals surface area contributed by atoms with Crippen molar-refractivity contribution in [3.8, 4) is 0 Å². The van der Waals surface area contributed by atoms with Gasteiger partial charge in [0.05, 0.1) is 17.0 Å². The number of rotatable bonds is 3. The Bertz CT molecular complexity index is 635. The zero-order valence-corrected chi connectivity index (χ0v) is 10.8. The smallest absolute Gasteiger partial charge is 0.260 e. The van der Waals surface area contributed by atoms with Gasteiger partial charge in [0.25, 0.3) is 5.56 Å². The van der Waals surface area contributed by atoms with Crippen LogP contribution in [0.1, 0.15) is 18.7 Å². The maximum Gasteiger partial charge on any atom is 0.260 e. The summed E-state index contributed by atoms with van der Waals surface area (Å²) in [5, 5.41) is 10.7. The maximum atomic E-state index is 12.4. The fourth-order valence-electron chi connectivity index (χ4n) is 2.08. The van der Waals surface area contributed by atoms with E-state index in [-0.39, 0.29) is 24.8 Å². The molecule has 0 aliphatic heterocycles. The molecule has 0 radical (unpaired) electrons. The van der Waals surface area contributed by atoms with Gasteiger partial charge in [0.1, 0.15) is 0 Å². The van der Waals surface area contributed by atoms with Crippen LogP contribution in [0, 0.1) is 0 Å². The monoisotopic (exact) mass is 266 g/mol. The Morgan fingerprint density at radius 3 is 2.83 bits per heavy atom. The first-order valence-electron chi connectivity index (χ1n) is 5.74. The number of halogens is 1. The Balaban J connectivity index is 2.86. The second-order valence-electron chi connectivity index (χ2n) is 4.24. The Morgan fingerprint density at radius 1 is 1.50 bits per heavy atom. The van der Waals surface area contributed by atoms with E-state index in [0.29, 0.717) is 16.1 Å². The molecule has 0 aliphatic carbocycles. The van der Waals surface area contributed by atoms with Crippen LogP contribution in [-0.4, -0.2) is 16.3 Å². The zero-order valence-electron chi connectivity index (χ0n) is 10.1. The molecule has 0 saturated carbocycles. The van der Waals surface area contributed by atoms with Gasteiger partial charge in [0, 0.05) is 18.3 Å². The summed E-state index contributed by atoms with van der Waals surface area (Å²) in [7, 11) is 0. The van der Waals surface area contributed by atoms with Crippen LogP contribution in [0.5, 0.6) is 0 Å². The minimum absolute atomic E-state index is 0.115. The van der Waals surface area contributed by atoms with Gasteiger partial charge in [-0.25, -0.2) is 0 Å². The summed E-state index contributed by atoms with van der Waals surface area (Å²) in [6, 6.07) is 6.87. The molecule has 0 unspecified atom stereocenters. The molecule has 0 aliphatic rings. The van der Waals surface area contributed by atoms with Crippen LogP contribution >= 0.6 is 11.6 Å². The van der Waals surface area contributed by atoms with E-state index >= 15 is 0 Å². The SMILES string of the molecule is C[C@H](N)c1cc2cccc(Cl)c2c(=O)n1CCO. The number of fused-ring (bicyclic) bond motifs is 1. The van der Waals surface area contributed by atoms with Gasteiger partial charge in [-0.05, 0) is 24.4 Å². The van der Waals surface area contributed by atoms with Crippen molar-refractivity contribution < 1.29 is 5.11 Å². The van der Waals surface area contributed by atoms with E-state index < -0.39 is 0 Å². The van der Waals surface area contributed by atoms with Crippen molar-refractivity contribution in [1.82, 2.24) is 4.57 Å². The fourth-order valence-corrected chi connectivity index (χ4v) is 2.35. The van der Waals surface area contributed by atoms with E-state index in [2.05, 4.69) is 0 Å². The van der Waals surface area contributed by atoms with Crippen LogP contribution in [0.4, 0.5) is 0 Å². The summed E-state index contributed by atoms with van der Waals surface area (Å²) in [5.41, 5.74) is 6.36. The molecule has 1 heterocycles. The summed E-state index contributed by atoms with van der Waals surface area (Å²) in [4.78, 5) is 12.4. The molecule has 0 saturated heterocycles. The molecule has 5 heteroatoms. The van der Waals surface area contributed by atoms with Crippen molar-refractivity contribution in [3.63, 3.8) is 0 Å². The largest absolute Gasteiger partial charge is 0.395 e. The number of aromatic nitrogens is 1. The number of aliphatic hydroxyl groups is 1. The first-order valence-corrected chi connectivity index (χ1v) is 6.12. The summed E-state index contributed by atoms with van der Waals surface area (Å²) in [5.74, 6) is 0. The van der Waals surface area contributed by atoms with Crippen LogP contribution in [-0.2, 0) is 6.54 Å². The summed E-state index contributed by atoms with van der Waals surface area (Å²) in [6.45, 7) is 1.91. The van der Waals surface area contributed by atoms with Gasteiger partial charge in [-0.3, -0.25) is 4.79 Å². The number of hydrogen-bond donors (Lipinski definition) is 2. The Labute approximate surface area is 110 Å². The van der Waals surface area contributed by atoms with E-state index in [0.717, 1.165) is 5.39 Å². The molecular formula is C13H15ClN2O2. The topological polar surface area (TPSA) is 68.2 Å². The van der Waals surface area contributed by atoms with Crippen LogP contribution in [0.15, 0.2) is 29.1 Å². The Kier molecular flexibility index (Phi) is 3.71. The highest BCUT2D eigenvalue weighted by atomic mass is 35.5. The summed E-state index contributed by atoms with van der Waals surface area (Å²) < 4.78 is 1.48. The van der Waals surface area contributed by atoms with Gasteiger partial charge >= 0.3 is 0 Å². The lowest BCUT2D eigenvalue weighted by Gasteiger charge is -2.16. The first kappa shape index (κ1) is 13.1. The first-order chi connectivity index (χ1) is 8.56. The maximum absolute atomic E-state index is 12.4. The third kappa shape index (κ3) is 2.14. The number of benzene rings is 1. The standard InChI is InChI=1S/C13H15ClN2O2/c1-8(15)11-7-9-3-2-4-10(14)12(9)13(18)16(11)5-6-17/h2-4,7-8,17H,5-6,15H2,1H3/t8-/m0/s1. The predicted octanol–water partition coefficient (Wildman–Crippen LogP) is 1.67. The molecular weight excluding hydrogens is 252 g/mol. The summed E-state index contributed by atoms with van der Waals surface area (Å²) in [6.07, 6.45) is 0. The van der Waals surface area contributed by atoms with Gasteiger partial charge in [0.15, 0.2) is 0 Å². The van der Waals surface area contributed by atoms with Crippen molar-refractivity contribution in [2.75, 3.05) is 6.61 Å². The minimum Gasteiger partial charge on any atom is -0.395 e. The minimum atomic E-state index is -0.285. The lowest BCUT2D eigenvalue weighted by molar-refractivity contribution is 0.272. The van der Waals surface area contributed by atoms with Crippen molar-refractivity contribution in [2.24, 2.45) is 5.73 Å². The van der Waals surface area contributed by atoms with E-state index in [1.54, 1.807) is 19.1 Å². The second-order valence-corrected chi connectivity index (χ2v) is 4.65. The van der Waals surface area contributed by atoms with Crippen molar-refractivity contribution >= 4 is 22.4 Å². The molecule has 1 atom stereocenters. The number of nitrogens with two attached hydrogens (primary N) is 1. The molecule has 0 amide bonds. The molecule has 2 aromatic rings. The third-order valence-corrected chi connectivity index (χ3v) is 3.23. The number of aliphatic hydroxyl groups excluding tert-OH is 1. The molecule has 2 rings (SSSR count). The van der Waals surface area contributed by atoms with Crippen LogP contribution in [0.2, 0.25) is 5.02 Å². The molecule has 0 spiro atoms. The van der Waals surface area contributed by atoms with Crippen molar-refractivity contribution in [2.45, 2.75) is 19.5 Å². The lowest BCUT2D eigenvalue weighted by Crippen LogP contribution is -2.28. The molecule has 4 nitrogen and oxygen atoms in total. The molecule has 1 aromatic heterocycles. The lowest BCUT2D eigenvalue weighted by atomic mass is 10.1. The van der Waals surface area contributed by atoms with Gasteiger partial charge in [0.2, 0.25) is 0 Å². The molecule has 96 valence electrons. The fraction of sp³-hybridized carbons (Fsp3) is 0.308. The predicted molar refractivity (Wildman–Crippen MR) is 72.9 cm³/mol. The van der Waals surface area contributed by atoms with Gasteiger partial charge in [-0.15, -0.1) is 0 Å². The number of pyridine rings is 1. The van der Waals surface area contributed by atoms with Gasteiger partial charge < -0.3 is 15.4 Å². The average Bonchev–Trinajstić information content (AvgIpc) is 2.32. The van der Waals surface area contributed by atoms with E-state index in [4.69, 9.17) is 22.4 Å².